The number of hydroxylamine groups is 1. The first-order valence-electron chi connectivity index (χ1n) is 13.2. The highest BCUT2D eigenvalue weighted by Crippen LogP contribution is 2.20. The Morgan fingerprint density at radius 3 is 2.73 bits per heavy atom. The first kappa shape index (κ1) is 28.4. The second kappa shape index (κ2) is 15.8. The van der Waals surface area contributed by atoms with Crippen molar-refractivity contribution in [2.24, 2.45) is 0 Å². The van der Waals surface area contributed by atoms with Crippen molar-refractivity contribution in [2.45, 2.75) is 64.6 Å². The number of aromatic nitrogens is 1. The van der Waals surface area contributed by atoms with Crippen LogP contribution >= 0.6 is 0 Å². The zero-order valence-electron chi connectivity index (χ0n) is 22.0. The van der Waals surface area contributed by atoms with Crippen LogP contribution < -0.4 is 10.8 Å². The Labute approximate surface area is 219 Å². The first-order valence-corrected chi connectivity index (χ1v) is 13.2. The highest BCUT2D eigenvalue weighted by molar-refractivity contribution is 5.73. The molecule has 2 aromatic rings. The summed E-state index contributed by atoms with van der Waals surface area (Å²) in [5.41, 5.74) is 5.35. The Kier molecular flexibility index (Phi) is 12.2. The molecule has 0 radical (unpaired) electrons. The number of unbranched alkanes of at least 4 members (excludes halogenated alkanes) is 1. The Morgan fingerprint density at radius 2 is 1.92 bits per heavy atom. The van der Waals surface area contributed by atoms with Gasteiger partial charge < -0.3 is 24.5 Å². The highest BCUT2D eigenvalue weighted by atomic mass is 16.7. The summed E-state index contributed by atoms with van der Waals surface area (Å²) in [5, 5.41) is 3.40. The molecule has 2 N–H and O–H groups in total. The Balaban J connectivity index is 1.32. The standard InChI is InChI=1S/C28H40N4O5/c1-22(35-2)20-32(18-7-6-13-25-16-15-24-12-8-17-29-27(24)30-25)19-9-14-26(33)37-31-28(34)36-21-23-10-4-3-5-11-23/h3-5,10-11,15-16,22H,6-9,12-14,17-21H2,1-2H3,(H,29,30)(H,31,34). The second-order valence-corrected chi connectivity index (χ2v) is 9.39. The summed E-state index contributed by atoms with van der Waals surface area (Å²) in [4.78, 5) is 35.7. The van der Waals surface area contributed by atoms with E-state index in [0.717, 1.165) is 68.9 Å². The SMILES string of the molecule is COC(C)CN(CCCCc1ccc2c(n1)NCCC2)CCCC(=O)ONC(=O)OCc1ccccc1. The third-order valence-corrected chi connectivity index (χ3v) is 6.34. The highest BCUT2D eigenvalue weighted by Gasteiger charge is 2.14. The van der Waals surface area contributed by atoms with Crippen molar-refractivity contribution in [1.82, 2.24) is 15.4 Å². The average Bonchev–Trinajstić information content (AvgIpc) is 2.93. The first-order chi connectivity index (χ1) is 18.0. The molecule has 9 nitrogen and oxygen atoms in total. The van der Waals surface area contributed by atoms with E-state index in [4.69, 9.17) is 19.3 Å². The van der Waals surface area contributed by atoms with Crippen LogP contribution in [0.2, 0.25) is 0 Å². The molecule has 2 heterocycles. The lowest BCUT2D eigenvalue weighted by molar-refractivity contribution is -0.150. The maximum Gasteiger partial charge on any atom is 0.441 e. The summed E-state index contributed by atoms with van der Waals surface area (Å²) in [7, 11) is 1.71. The summed E-state index contributed by atoms with van der Waals surface area (Å²) >= 11 is 0. The van der Waals surface area contributed by atoms with Crippen LogP contribution in [-0.4, -0.2) is 61.3 Å². The molecular formula is C28H40N4O5. The fourth-order valence-corrected chi connectivity index (χ4v) is 4.23. The van der Waals surface area contributed by atoms with Gasteiger partial charge in [-0.1, -0.05) is 36.4 Å². The summed E-state index contributed by atoms with van der Waals surface area (Å²) in [5.74, 6) is 0.550. The monoisotopic (exact) mass is 512 g/mol. The third-order valence-electron chi connectivity index (χ3n) is 6.34. The largest absolute Gasteiger partial charge is 0.443 e. The van der Waals surface area contributed by atoms with Gasteiger partial charge in [0, 0.05) is 32.3 Å². The average molecular weight is 513 g/mol. The molecule has 0 bridgehead atoms. The van der Waals surface area contributed by atoms with Gasteiger partial charge in [-0.15, -0.1) is 5.48 Å². The van der Waals surface area contributed by atoms with Crippen molar-refractivity contribution in [3.8, 4) is 0 Å². The number of hydrogen-bond acceptors (Lipinski definition) is 8. The number of pyridine rings is 1. The lowest BCUT2D eigenvalue weighted by atomic mass is 10.1. The minimum absolute atomic E-state index is 0.0985. The van der Waals surface area contributed by atoms with Gasteiger partial charge in [0.1, 0.15) is 12.4 Å². The molecule has 1 atom stereocenters. The van der Waals surface area contributed by atoms with Gasteiger partial charge in [0.15, 0.2) is 0 Å². The molecule has 1 unspecified atom stereocenters. The minimum Gasteiger partial charge on any atom is -0.443 e. The number of amides is 1. The van der Waals surface area contributed by atoms with E-state index in [0.29, 0.717) is 6.42 Å². The van der Waals surface area contributed by atoms with Gasteiger partial charge in [-0.3, -0.25) is 0 Å². The van der Waals surface area contributed by atoms with Crippen LogP contribution in [0, 0.1) is 0 Å². The maximum absolute atomic E-state index is 12.1. The number of nitrogens with one attached hydrogen (secondary N) is 2. The quantitative estimate of drug-likeness (QED) is 0.286. The van der Waals surface area contributed by atoms with Gasteiger partial charge in [0.25, 0.3) is 0 Å². The van der Waals surface area contributed by atoms with Gasteiger partial charge >= 0.3 is 12.1 Å². The predicted molar refractivity (Wildman–Crippen MR) is 142 cm³/mol. The second-order valence-electron chi connectivity index (χ2n) is 9.39. The van der Waals surface area contributed by atoms with Crippen molar-refractivity contribution in [1.29, 1.82) is 0 Å². The number of nitrogens with zero attached hydrogens (tertiary/aromatic N) is 2. The molecule has 0 fully saturated rings. The Hall–Kier alpha value is -3.17. The van der Waals surface area contributed by atoms with Gasteiger partial charge in [-0.2, -0.15) is 0 Å². The molecule has 1 aliphatic heterocycles. The van der Waals surface area contributed by atoms with E-state index in [-0.39, 0.29) is 19.1 Å². The van der Waals surface area contributed by atoms with Crippen LogP contribution in [0.3, 0.4) is 0 Å². The summed E-state index contributed by atoms with van der Waals surface area (Å²) in [6.45, 7) is 5.58. The molecule has 0 aliphatic carbocycles. The van der Waals surface area contributed by atoms with Crippen LogP contribution in [0.5, 0.6) is 0 Å². The molecule has 0 saturated carbocycles. The fourth-order valence-electron chi connectivity index (χ4n) is 4.23. The van der Waals surface area contributed by atoms with E-state index in [1.54, 1.807) is 7.11 Å². The number of benzene rings is 1. The van der Waals surface area contributed by atoms with E-state index in [2.05, 4.69) is 27.8 Å². The van der Waals surface area contributed by atoms with Gasteiger partial charge in [-0.05, 0) is 75.7 Å². The molecule has 1 aromatic carbocycles. The molecular weight excluding hydrogens is 472 g/mol. The molecule has 1 aromatic heterocycles. The zero-order chi connectivity index (χ0) is 26.3. The smallest absolute Gasteiger partial charge is 0.441 e. The Bertz CT molecular complexity index is 972. The predicted octanol–water partition coefficient (Wildman–Crippen LogP) is 4.26. The molecule has 9 heteroatoms. The van der Waals surface area contributed by atoms with Crippen molar-refractivity contribution in [3.05, 3.63) is 59.3 Å². The lowest BCUT2D eigenvalue weighted by Crippen LogP contribution is -2.34. The summed E-state index contributed by atoms with van der Waals surface area (Å²) in [6, 6.07) is 13.6. The molecule has 0 spiro atoms. The number of ether oxygens (including phenoxy) is 2. The maximum atomic E-state index is 12.1. The third kappa shape index (κ3) is 10.8. The molecule has 202 valence electrons. The topological polar surface area (TPSA) is 102 Å². The van der Waals surface area contributed by atoms with Crippen LogP contribution in [0.15, 0.2) is 42.5 Å². The number of fused-ring (bicyclic) bond motifs is 1. The van der Waals surface area contributed by atoms with E-state index < -0.39 is 12.1 Å². The van der Waals surface area contributed by atoms with E-state index in [9.17, 15) is 9.59 Å². The van der Waals surface area contributed by atoms with Crippen LogP contribution in [0.1, 0.15) is 55.8 Å². The summed E-state index contributed by atoms with van der Waals surface area (Å²) < 4.78 is 10.5. The summed E-state index contributed by atoms with van der Waals surface area (Å²) in [6.07, 6.45) is 5.41. The fraction of sp³-hybridized carbons (Fsp3) is 0.536. The van der Waals surface area contributed by atoms with Crippen molar-refractivity contribution < 1.29 is 23.9 Å². The minimum atomic E-state index is -0.794. The number of carbonyl (C=O) groups is 2. The number of anilines is 1. The van der Waals surface area contributed by atoms with Gasteiger partial charge in [-0.25, -0.2) is 14.6 Å². The number of carbonyl (C=O) groups excluding carboxylic acids is 2. The number of aryl methyl sites for hydroxylation is 2. The lowest BCUT2D eigenvalue weighted by Gasteiger charge is -2.25. The van der Waals surface area contributed by atoms with Gasteiger partial charge in [0.2, 0.25) is 0 Å². The van der Waals surface area contributed by atoms with Crippen molar-refractivity contribution in [2.75, 3.05) is 38.6 Å². The van der Waals surface area contributed by atoms with Crippen molar-refractivity contribution >= 4 is 17.9 Å². The number of rotatable bonds is 14. The van der Waals surface area contributed by atoms with E-state index in [1.165, 1.54) is 12.0 Å². The Morgan fingerprint density at radius 1 is 1.11 bits per heavy atom. The molecule has 37 heavy (non-hydrogen) atoms. The van der Waals surface area contributed by atoms with E-state index >= 15 is 0 Å². The van der Waals surface area contributed by atoms with E-state index in [1.807, 2.05) is 37.3 Å². The van der Waals surface area contributed by atoms with Crippen LogP contribution in [0.25, 0.3) is 0 Å². The van der Waals surface area contributed by atoms with Crippen LogP contribution in [-0.2, 0) is 38.6 Å². The van der Waals surface area contributed by atoms with Crippen LogP contribution in [0.4, 0.5) is 10.6 Å². The molecule has 0 saturated heterocycles. The number of methoxy groups -OCH3 is 1. The molecule has 3 rings (SSSR count). The van der Waals surface area contributed by atoms with Gasteiger partial charge in [0.05, 0.1) is 6.10 Å². The normalized spacial score (nSPS) is 13.4. The number of hydrogen-bond donors (Lipinski definition) is 2. The zero-order valence-corrected chi connectivity index (χ0v) is 22.0. The molecule has 1 amide bonds. The van der Waals surface area contributed by atoms with Crippen molar-refractivity contribution in [3.63, 3.8) is 0 Å². The molecule has 1 aliphatic rings.